The summed E-state index contributed by atoms with van der Waals surface area (Å²) in [5.41, 5.74) is 0. The third-order valence-electron chi connectivity index (χ3n) is 0.166. The highest BCUT2D eigenvalue weighted by Gasteiger charge is 1.70. The lowest BCUT2D eigenvalue weighted by atomic mass is 10.9. The molecule has 0 spiro atoms. The second-order valence-electron chi connectivity index (χ2n) is 0.609. The molecule has 0 radical (unpaired) electrons. The maximum Gasteiger partial charge on any atom is 0.183 e. The lowest BCUT2D eigenvalue weighted by Crippen LogP contribution is -2.01. The van der Waals surface area contributed by atoms with Crippen LogP contribution in [0.25, 0.3) is 0 Å². The zero-order chi connectivity index (χ0) is 4.28. The van der Waals surface area contributed by atoms with Crippen LogP contribution in [0.5, 0.6) is 0 Å². The van der Waals surface area contributed by atoms with E-state index in [1.165, 1.54) is 0 Å². The van der Waals surface area contributed by atoms with E-state index < -0.39 is 0 Å². The molecule has 0 atom stereocenters. The summed E-state index contributed by atoms with van der Waals surface area (Å²) in [6.07, 6.45) is 0. The normalized spacial score (nSPS) is 6.80. The van der Waals surface area contributed by atoms with Crippen LogP contribution in [-0.2, 0) is 4.84 Å². The first-order valence-electron chi connectivity index (χ1n) is 1.14. The van der Waals surface area contributed by atoms with Crippen LogP contribution in [0.4, 0.5) is 0 Å². The fourth-order valence-electron chi connectivity index (χ4n) is 0. The van der Waals surface area contributed by atoms with Gasteiger partial charge >= 0.3 is 0 Å². The van der Waals surface area contributed by atoms with Crippen molar-refractivity contribution in [2.24, 2.45) is 5.90 Å². The first-order chi connectivity index (χ1) is 2.27. The van der Waals surface area contributed by atoms with Gasteiger partial charge in [-0.25, -0.2) is 0 Å². The molecule has 0 heterocycles. The summed E-state index contributed by atoms with van der Waals surface area (Å²) in [6.45, 7) is 1.61. The molecule has 30 valence electrons. The highest BCUT2D eigenvalue weighted by atomic mass is 32.1. The van der Waals surface area contributed by atoms with Gasteiger partial charge in [0.05, 0.1) is 0 Å². The predicted molar refractivity (Wildman–Crippen MR) is 23.5 cm³/mol. The molecular weight excluding hydrogens is 86.1 g/mol. The fourth-order valence-corrected chi connectivity index (χ4v) is 0. The van der Waals surface area contributed by atoms with Crippen molar-refractivity contribution in [3.8, 4) is 0 Å². The standard InChI is InChI=1S/C2H5NOS/c1-2(5)4-3/h3H2,1H3. The Morgan fingerprint density at radius 3 is 2.20 bits per heavy atom. The van der Waals surface area contributed by atoms with E-state index in [4.69, 9.17) is 0 Å². The molecule has 2 nitrogen and oxygen atoms in total. The van der Waals surface area contributed by atoms with Crippen molar-refractivity contribution < 1.29 is 4.84 Å². The van der Waals surface area contributed by atoms with Gasteiger partial charge in [-0.2, -0.15) is 5.90 Å². The Morgan fingerprint density at radius 1 is 2.00 bits per heavy atom. The second-order valence-corrected chi connectivity index (χ2v) is 1.18. The average molecular weight is 91.1 g/mol. The molecule has 0 saturated carbocycles. The minimum absolute atomic E-state index is 0.366. The molecule has 5 heavy (non-hydrogen) atoms. The van der Waals surface area contributed by atoms with Crippen molar-refractivity contribution in [3.05, 3.63) is 0 Å². The summed E-state index contributed by atoms with van der Waals surface area (Å²) in [5, 5.41) is 0.366. The van der Waals surface area contributed by atoms with Gasteiger partial charge in [-0.05, 0) is 12.2 Å². The largest absolute Gasteiger partial charge is 0.405 e. The predicted octanol–water partition coefficient (Wildman–Crippen LogP) is 0.224. The van der Waals surface area contributed by atoms with Crippen LogP contribution >= 0.6 is 12.2 Å². The quantitative estimate of drug-likeness (QED) is 0.342. The topological polar surface area (TPSA) is 35.2 Å². The monoisotopic (exact) mass is 91.0 g/mol. The molecule has 0 aliphatic heterocycles. The van der Waals surface area contributed by atoms with Crippen molar-refractivity contribution in [3.63, 3.8) is 0 Å². The van der Waals surface area contributed by atoms with Crippen LogP contribution in [0.2, 0.25) is 0 Å². The van der Waals surface area contributed by atoms with Crippen molar-refractivity contribution in [1.29, 1.82) is 0 Å². The van der Waals surface area contributed by atoms with Gasteiger partial charge in [-0.1, -0.05) is 0 Å². The molecule has 0 saturated heterocycles. The van der Waals surface area contributed by atoms with Crippen LogP contribution in [0.15, 0.2) is 0 Å². The minimum atomic E-state index is 0.366. The number of rotatable bonds is 0. The molecule has 2 N–H and O–H groups in total. The maximum atomic E-state index is 4.53. The minimum Gasteiger partial charge on any atom is -0.405 e. The van der Waals surface area contributed by atoms with E-state index in [9.17, 15) is 0 Å². The van der Waals surface area contributed by atoms with Crippen LogP contribution in [0.1, 0.15) is 6.92 Å². The molecule has 0 unspecified atom stereocenters. The van der Waals surface area contributed by atoms with Crippen LogP contribution in [-0.4, -0.2) is 5.05 Å². The fraction of sp³-hybridized carbons (Fsp3) is 0.500. The number of hydrogen-bond donors (Lipinski definition) is 1. The Kier molecular flexibility index (Phi) is 2.05. The Bertz CT molecular complexity index is 44.9. The van der Waals surface area contributed by atoms with Gasteiger partial charge in [-0.3, -0.25) is 0 Å². The molecule has 0 rings (SSSR count). The molecule has 0 aromatic carbocycles. The van der Waals surface area contributed by atoms with E-state index in [1.54, 1.807) is 6.92 Å². The molecule has 0 amide bonds. The van der Waals surface area contributed by atoms with Crippen molar-refractivity contribution in [1.82, 2.24) is 0 Å². The van der Waals surface area contributed by atoms with Crippen LogP contribution in [0.3, 0.4) is 0 Å². The van der Waals surface area contributed by atoms with Crippen molar-refractivity contribution in [2.75, 3.05) is 0 Å². The van der Waals surface area contributed by atoms with Gasteiger partial charge in [0, 0.05) is 6.92 Å². The SMILES string of the molecule is CC(=S)ON. The Morgan fingerprint density at radius 2 is 2.20 bits per heavy atom. The maximum absolute atomic E-state index is 4.53. The van der Waals surface area contributed by atoms with Crippen molar-refractivity contribution in [2.45, 2.75) is 6.92 Å². The summed E-state index contributed by atoms with van der Waals surface area (Å²) in [7, 11) is 0. The molecule has 0 bridgehead atoms. The number of thiocarbonyl (C=S) groups is 1. The Labute approximate surface area is 35.9 Å². The van der Waals surface area contributed by atoms with Gasteiger partial charge in [0.15, 0.2) is 5.05 Å². The smallest absolute Gasteiger partial charge is 0.183 e. The summed E-state index contributed by atoms with van der Waals surface area (Å²) >= 11 is 4.35. The van der Waals surface area contributed by atoms with E-state index in [2.05, 4.69) is 23.0 Å². The summed E-state index contributed by atoms with van der Waals surface area (Å²) in [5.74, 6) is 4.53. The van der Waals surface area contributed by atoms with Crippen LogP contribution in [0, 0.1) is 0 Å². The zero-order valence-electron chi connectivity index (χ0n) is 2.89. The number of hydrogen-bond acceptors (Lipinski definition) is 3. The lowest BCUT2D eigenvalue weighted by Gasteiger charge is -1.84. The van der Waals surface area contributed by atoms with Crippen LogP contribution < -0.4 is 5.90 Å². The molecule has 0 aliphatic rings. The summed E-state index contributed by atoms with van der Waals surface area (Å²) in [6, 6.07) is 0. The first-order valence-corrected chi connectivity index (χ1v) is 1.55. The first kappa shape index (κ1) is 4.85. The van der Waals surface area contributed by atoms with Crippen molar-refractivity contribution >= 4 is 17.3 Å². The molecular formula is C2H5NOS. The molecule has 3 heteroatoms. The molecule has 0 aliphatic carbocycles. The second kappa shape index (κ2) is 2.11. The molecule has 0 aromatic heterocycles. The third kappa shape index (κ3) is 3.85. The highest BCUT2D eigenvalue weighted by molar-refractivity contribution is 7.80. The average Bonchev–Trinajstić information content (AvgIpc) is 1.38. The summed E-state index contributed by atoms with van der Waals surface area (Å²) in [4.78, 5) is 3.98. The number of nitrogens with two attached hydrogens (primary N) is 1. The zero-order valence-corrected chi connectivity index (χ0v) is 3.71. The van der Waals surface area contributed by atoms with E-state index in [0.717, 1.165) is 0 Å². The summed E-state index contributed by atoms with van der Waals surface area (Å²) < 4.78 is 0. The third-order valence-corrected chi connectivity index (χ3v) is 0.262. The molecule has 0 aromatic rings. The van der Waals surface area contributed by atoms with E-state index in [0.29, 0.717) is 5.05 Å². The Hall–Kier alpha value is -0.150. The van der Waals surface area contributed by atoms with Gasteiger partial charge < -0.3 is 4.84 Å². The Balaban J connectivity index is 2.85. The van der Waals surface area contributed by atoms with Gasteiger partial charge in [0.1, 0.15) is 0 Å². The van der Waals surface area contributed by atoms with E-state index in [-0.39, 0.29) is 0 Å². The van der Waals surface area contributed by atoms with E-state index in [1.807, 2.05) is 0 Å². The molecule has 0 fully saturated rings. The lowest BCUT2D eigenvalue weighted by molar-refractivity contribution is 0.328. The van der Waals surface area contributed by atoms with Gasteiger partial charge in [0.2, 0.25) is 0 Å². The highest BCUT2D eigenvalue weighted by Crippen LogP contribution is 1.64. The van der Waals surface area contributed by atoms with Gasteiger partial charge in [-0.15, -0.1) is 0 Å². The van der Waals surface area contributed by atoms with Gasteiger partial charge in [0.25, 0.3) is 0 Å². The van der Waals surface area contributed by atoms with E-state index >= 15 is 0 Å².